The maximum atomic E-state index is 13.6. The van der Waals surface area contributed by atoms with Crippen molar-refractivity contribution in [2.24, 2.45) is 0 Å². The molecule has 4 nitrogen and oxygen atoms in total. The van der Waals surface area contributed by atoms with Crippen LogP contribution in [0.1, 0.15) is 36.0 Å². The molecular weight excluding hydrogens is 237 g/mol. The van der Waals surface area contributed by atoms with Gasteiger partial charge in [0, 0.05) is 0 Å². The van der Waals surface area contributed by atoms with Gasteiger partial charge < -0.3 is 4.74 Å². The predicted octanol–water partition coefficient (Wildman–Crippen LogP) is 2.44. The largest absolute Gasteiger partial charge is 0.496 e. The molecule has 1 aromatic carbocycles. The molecule has 5 heteroatoms. The van der Waals surface area contributed by atoms with Crippen LogP contribution in [-0.4, -0.2) is 19.1 Å². The zero-order valence-corrected chi connectivity index (χ0v) is 10.2. The molecule has 0 aromatic heterocycles. The fraction of sp³-hybridized carbons (Fsp3) is 0.462. The summed E-state index contributed by atoms with van der Waals surface area (Å²) in [6.07, 6.45) is 4.09. The van der Waals surface area contributed by atoms with Crippen molar-refractivity contribution in [3.63, 3.8) is 0 Å². The molecule has 0 spiro atoms. The first kappa shape index (κ1) is 12.8. The molecule has 2 rings (SSSR count). The van der Waals surface area contributed by atoms with E-state index in [-0.39, 0.29) is 17.4 Å². The molecule has 1 N–H and O–H groups in total. The van der Waals surface area contributed by atoms with Crippen molar-refractivity contribution in [2.75, 3.05) is 7.11 Å². The molecule has 1 saturated carbocycles. The third-order valence-corrected chi connectivity index (χ3v) is 3.04. The number of amides is 1. The van der Waals surface area contributed by atoms with Crippen molar-refractivity contribution >= 4 is 5.91 Å². The normalized spacial score (nSPS) is 15.7. The van der Waals surface area contributed by atoms with E-state index >= 15 is 0 Å². The molecule has 98 valence electrons. The number of halogens is 1. The molecule has 0 heterocycles. The average molecular weight is 253 g/mol. The summed E-state index contributed by atoms with van der Waals surface area (Å²) in [4.78, 5) is 17.1. The van der Waals surface area contributed by atoms with Gasteiger partial charge in [0.2, 0.25) is 0 Å². The lowest BCUT2D eigenvalue weighted by molar-refractivity contribution is -0.0128. The van der Waals surface area contributed by atoms with Gasteiger partial charge in [0.25, 0.3) is 5.91 Å². The molecule has 0 saturated heterocycles. The molecule has 0 bridgehead atoms. The maximum Gasteiger partial charge on any atom is 0.281 e. The topological polar surface area (TPSA) is 47.6 Å². The zero-order valence-electron chi connectivity index (χ0n) is 10.2. The highest BCUT2D eigenvalue weighted by molar-refractivity contribution is 5.96. The number of benzene rings is 1. The molecule has 18 heavy (non-hydrogen) atoms. The Morgan fingerprint density at radius 1 is 1.39 bits per heavy atom. The first-order valence-corrected chi connectivity index (χ1v) is 6.01. The number of carbonyl (C=O) groups excluding carboxylic acids is 1. The Balaban J connectivity index is 2.03. The number of carbonyl (C=O) groups is 1. The lowest BCUT2D eigenvalue weighted by Gasteiger charge is -2.13. The van der Waals surface area contributed by atoms with E-state index in [4.69, 9.17) is 9.57 Å². The van der Waals surface area contributed by atoms with Gasteiger partial charge in [0.1, 0.15) is 17.1 Å². The summed E-state index contributed by atoms with van der Waals surface area (Å²) in [5.74, 6) is -1.04. The number of hydrogen-bond donors (Lipinski definition) is 1. The monoisotopic (exact) mass is 253 g/mol. The second-order valence-electron chi connectivity index (χ2n) is 4.27. The smallest absolute Gasteiger partial charge is 0.281 e. The molecule has 1 aromatic rings. The van der Waals surface area contributed by atoms with Crippen molar-refractivity contribution in [1.29, 1.82) is 0 Å². The maximum absolute atomic E-state index is 13.6. The highest BCUT2D eigenvalue weighted by atomic mass is 19.1. The molecule has 1 aliphatic rings. The predicted molar refractivity (Wildman–Crippen MR) is 63.8 cm³/mol. The first-order valence-electron chi connectivity index (χ1n) is 6.01. The van der Waals surface area contributed by atoms with Crippen LogP contribution < -0.4 is 10.2 Å². The summed E-state index contributed by atoms with van der Waals surface area (Å²) in [6, 6.07) is 4.24. The fourth-order valence-corrected chi connectivity index (χ4v) is 2.09. The quantitative estimate of drug-likeness (QED) is 0.838. The van der Waals surface area contributed by atoms with Crippen molar-refractivity contribution in [3.05, 3.63) is 29.6 Å². The Labute approximate surface area is 105 Å². The van der Waals surface area contributed by atoms with Crippen molar-refractivity contribution < 1.29 is 18.8 Å². The Morgan fingerprint density at radius 2 is 2.11 bits per heavy atom. The molecule has 0 atom stereocenters. The van der Waals surface area contributed by atoms with Gasteiger partial charge in [0.05, 0.1) is 13.2 Å². The summed E-state index contributed by atoms with van der Waals surface area (Å²) in [6.45, 7) is 0. The minimum atomic E-state index is -0.623. The van der Waals surface area contributed by atoms with E-state index < -0.39 is 11.7 Å². The Morgan fingerprint density at radius 3 is 2.78 bits per heavy atom. The van der Waals surface area contributed by atoms with Crippen LogP contribution in [-0.2, 0) is 4.84 Å². The zero-order chi connectivity index (χ0) is 13.0. The van der Waals surface area contributed by atoms with Gasteiger partial charge in [0.15, 0.2) is 0 Å². The van der Waals surface area contributed by atoms with Gasteiger partial charge in [-0.2, -0.15) is 0 Å². The Hall–Kier alpha value is -1.62. The van der Waals surface area contributed by atoms with Gasteiger partial charge in [-0.15, -0.1) is 0 Å². The van der Waals surface area contributed by atoms with Crippen molar-refractivity contribution in [3.8, 4) is 5.75 Å². The number of hydrogen-bond acceptors (Lipinski definition) is 3. The fourth-order valence-electron chi connectivity index (χ4n) is 2.09. The van der Waals surface area contributed by atoms with Crippen molar-refractivity contribution in [1.82, 2.24) is 5.48 Å². The van der Waals surface area contributed by atoms with E-state index in [1.807, 2.05) is 0 Å². The van der Waals surface area contributed by atoms with E-state index in [0.717, 1.165) is 25.7 Å². The highest BCUT2D eigenvalue weighted by Gasteiger charge is 2.21. The molecular formula is C13H16FNO3. The van der Waals surface area contributed by atoms with Crippen LogP contribution in [0.2, 0.25) is 0 Å². The SMILES string of the molecule is COc1cccc(F)c1C(=O)NOC1CCCC1. The van der Waals surface area contributed by atoms with Crippen LogP contribution >= 0.6 is 0 Å². The first-order chi connectivity index (χ1) is 8.72. The minimum absolute atomic E-state index is 0.0340. The van der Waals surface area contributed by atoms with Crippen LogP contribution in [0, 0.1) is 5.82 Å². The molecule has 0 aliphatic heterocycles. The van der Waals surface area contributed by atoms with Crippen LogP contribution in [0.25, 0.3) is 0 Å². The number of nitrogens with one attached hydrogen (secondary N) is 1. The molecule has 1 fully saturated rings. The van der Waals surface area contributed by atoms with Crippen LogP contribution in [0.3, 0.4) is 0 Å². The summed E-state index contributed by atoms with van der Waals surface area (Å²) < 4.78 is 18.6. The second kappa shape index (κ2) is 5.82. The van der Waals surface area contributed by atoms with Crippen LogP contribution in [0.4, 0.5) is 4.39 Å². The number of methoxy groups -OCH3 is 1. The van der Waals surface area contributed by atoms with Gasteiger partial charge in [-0.1, -0.05) is 18.9 Å². The summed E-state index contributed by atoms with van der Waals surface area (Å²) in [5.41, 5.74) is 2.17. The van der Waals surface area contributed by atoms with E-state index in [1.54, 1.807) is 0 Å². The Kier molecular flexibility index (Phi) is 4.15. The molecule has 0 unspecified atom stereocenters. The number of ether oxygens (including phenoxy) is 1. The lowest BCUT2D eigenvalue weighted by atomic mass is 10.2. The van der Waals surface area contributed by atoms with E-state index in [0.29, 0.717) is 0 Å². The van der Waals surface area contributed by atoms with Gasteiger partial charge in [-0.3, -0.25) is 9.63 Å². The van der Waals surface area contributed by atoms with Gasteiger partial charge in [-0.05, 0) is 25.0 Å². The number of rotatable bonds is 4. The third-order valence-electron chi connectivity index (χ3n) is 3.04. The van der Waals surface area contributed by atoms with E-state index in [1.165, 1.54) is 25.3 Å². The summed E-state index contributed by atoms with van der Waals surface area (Å²) in [7, 11) is 1.39. The Bertz CT molecular complexity index is 430. The average Bonchev–Trinajstić information content (AvgIpc) is 2.88. The minimum Gasteiger partial charge on any atom is -0.496 e. The summed E-state index contributed by atoms with van der Waals surface area (Å²) in [5, 5.41) is 0. The highest BCUT2D eigenvalue weighted by Crippen LogP contribution is 2.22. The molecule has 1 aliphatic carbocycles. The molecule has 1 amide bonds. The van der Waals surface area contributed by atoms with Gasteiger partial charge in [-0.25, -0.2) is 9.87 Å². The number of hydroxylamine groups is 1. The second-order valence-corrected chi connectivity index (χ2v) is 4.27. The molecule has 0 radical (unpaired) electrons. The standard InChI is InChI=1S/C13H16FNO3/c1-17-11-8-4-7-10(14)12(11)13(16)15-18-9-5-2-3-6-9/h4,7-9H,2-3,5-6H2,1H3,(H,15,16). The van der Waals surface area contributed by atoms with E-state index in [2.05, 4.69) is 5.48 Å². The van der Waals surface area contributed by atoms with Crippen LogP contribution in [0.15, 0.2) is 18.2 Å². The van der Waals surface area contributed by atoms with Gasteiger partial charge >= 0.3 is 0 Å². The lowest BCUT2D eigenvalue weighted by Crippen LogP contribution is -2.29. The third kappa shape index (κ3) is 2.79. The van der Waals surface area contributed by atoms with Crippen LogP contribution in [0.5, 0.6) is 5.75 Å². The van der Waals surface area contributed by atoms with Crippen molar-refractivity contribution in [2.45, 2.75) is 31.8 Å². The summed E-state index contributed by atoms with van der Waals surface area (Å²) >= 11 is 0. The van der Waals surface area contributed by atoms with E-state index in [9.17, 15) is 9.18 Å².